The van der Waals surface area contributed by atoms with E-state index in [-0.39, 0.29) is 0 Å². The van der Waals surface area contributed by atoms with Gasteiger partial charge in [-0.25, -0.2) is 0 Å². The molecule has 0 spiro atoms. The molecule has 1 atom stereocenters. The van der Waals surface area contributed by atoms with Gasteiger partial charge in [0.05, 0.1) is 29.2 Å². The van der Waals surface area contributed by atoms with Gasteiger partial charge in [-0.1, -0.05) is 12.1 Å². The van der Waals surface area contributed by atoms with E-state index >= 15 is 0 Å². The summed E-state index contributed by atoms with van der Waals surface area (Å²) in [4.78, 5) is 8.33. The highest BCUT2D eigenvalue weighted by Crippen LogP contribution is 2.31. The van der Waals surface area contributed by atoms with Crippen molar-refractivity contribution in [2.24, 2.45) is 0 Å². The molecule has 0 radical (unpaired) electrons. The lowest BCUT2D eigenvalue weighted by atomic mass is 10.0. The van der Waals surface area contributed by atoms with Crippen LogP contribution in [0.3, 0.4) is 0 Å². The Bertz CT molecular complexity index is 579. The van der Waals surface area contributed by atoms with Crippen LogP contribution in [0, 0.1) is 6.92 Å². The van der Waals surface area contributed by atoms with Gasteiger partial charge < -0.3 is 5.32 Å². The highest BCUT2D eigenvalue weighted by Gasteiger charge is 2.31. The predicted molar refractivity (Wildman–Crippen MR) is 69.1 cm³/mol. The quantitative estimate of drug-likeness (QED) is 0.939. The zero-order valence-electron chi connectivity index (χ0n) is 11.1. The summed E-state index contributed by atoms with van der Waals surface area (Å²) in [5.74, 6) is 0. The minimum absolute atomic E-state index is 0.426. The zero-order chi connectivity index (χ0) is 14.8. The predicted octanol–water partition coefficient (Wildman–Crippen LogP) is 3.11. The van der Waals surface area contributed by atoms with Gasteiger partial charge in [-0.05, 0) is 31.7 Å². The molecule has 1 aromatic carbocycles. The second-order valence-corrected chi connectivity index (χ2v) is 4.43. The van der Waals surface area contributed by atoms with Crippen molar-refractivity contribution in [2.75, 3.05) is 7.05 Å². The number of halogens is 3. The largest absolute Gasteiger partial charge is 0.416 e. The molecule has 0 aliphatic heterocycles. The maximum absolute atomic E-state index is 12.7. The lowest BCUT2D eigenvalue weighted by Crippen LogP contribution is -2.20. The number of hydrogen-bond acceptors (Lipinski definition) is 3. The summed E-state index contributed by atoms with van der Waals surface area (Å²) < 4.78 is 38.2. The fraction of sp³-hybridized carbons (Fsp3) is 0.286. The van der Waals surface area contributed by atoms with Crippen LogP contribution in [0.2, 0.25) is 0 Å². The molecule has 0 aliphatic rings. The molecule has 0 fully saturated rings. The molecule has 0 saturated carbocycles. The minimum atomic E-state index is -4.35. The number of aryl methyl sites for hydroxylation is 1. The zero-order valence-corrected chi connectivity index (χ0v) is 11.1. The molecule has 6 heteroatoms. The highest BCUT2D eigenvalue weighted by molar-refractivity contribution is 5.32. The molecule has 0 aliphatic carbocycles. The van der Waals surface area contributed by atoms with E-state index < -0.39 is 17.8 Å². The van der Waals surface area contributed by atoms with Crippen molar-refractivity contribution >= 4 is 0 Å². The van der Waals surface area contributed by atoms with Crippen molar-refractivity contribution in [3.05, 3.63) is 59.2 Å². The molecule has 0 amide bonds. The molecule has 20 heavy (non-hydrogen) atoms. The highest BCUT2D eigenvalue weighted by atomic mass is 19.4. The fourth-order valence-electron chi connectivity index (χ4n) is 1.93. The van der Waals surface area contributed by atoms with Crippen LogP contribution in [0.25, 0.3) is 0 Å². The number of nitrogens with one attached hydrogen (secondary N) is 1. The van der Waals surface area contributed by atoms with Gasteiger partial charge in [0.2, 0.25) is 0 Å². The minimum Gasteiger partial charge on any atom is -0.308 e. The molecule has 1 aromatic heterocycles. The Morgan fingerprint density at radius 1 is 1.15 bits per heavy atom. The fourth-order valence-corrected chi connectivity index (χ4v) is 1.93. The molecule has 1 N–H and O–H groups in total. The van der Waals surface area contributed by atoms with Crippen LogP contribution < -0.4 is 5.32 Å². The Balaban J connectivity index is 2.39. The van der Waals surface area contributed by atoms with Gasteiger partial charge in [-0.3, -0.25) is 9.97 Å². The molecular weight excluding hydrogens is 267 g/mol. The normalized spacial score (nSPS) is 13.2. The first-order chi connectivity index (χ1) is 9.41. The molecule has 3 nitrogen and oxygen atoms in total. The van der Waals surface area contributed by atoms with Crippen LogP contribution in [0.4, 0.5) is 13.2 Å². The third-order valence-corrected chi connectivity index (χ3v) is 2.93. The average Bonchev–Trinajstić information content (AvgIpc) is 2.41. The topological polar surface area (TPSA) is 37.8 Å². The smallest absolute Gasteiger partial charge is 0.308 e. The standard InChI is InChI=1S/C14H14F3N3/c1-9-7-20-12(8-19-9)13(18-2)10-4-3-5-11(6-10)14(15,16)17/h3-8,13,18H,1-2H3. The second kappa shape index (κ2) is 5.58. The van der Waals surface area contributed by atoms with Crippen LogP contribution in [-0.4, -0.2) is 17.0 Å². The van der Waals surface area contributed by atoms with Gasteiger partial charge >= 0.3 is 6.18 Å². The molecule has 0 saturated heterocycles. The van der Waals surface area contributed by atoms with E-state index in [1.54, 1.807) is 32.4 Å². The Morgan fingerprint density at radius 3 is 2.45 bits per heavy atom. The van der Waals surface area contributed by atoms with Crippen molar-refractivity contribution in [1.82, 2.24) is 15.3 Å². The lowest BCUT2D eigenvalue weighted by Gasteiger charge is -2.17. The van der Waals surface area contributed by atoms with Crippen LogP contribution in [-0.2, 0) is 6.18 Å². The first-order valence-electron chi connectivity index (χ1n) is 6.05. The Morgan fingerprint density at radius 2 is 1.90 bits per heavy atom. The molecule has 2 aromatic rings. The summed E-state index contributed by atoms with van der Waals surface area (Å²) in [6.07, 6.45) is -1.20. The van der Waals surface area contributed by atoms with Crippen LogP contribution in [0.5, 0.6) is 0 Å². The number of aromatic nitrogens is 2. The summed E-state index contributed by atoms with van der Waals surface area (Å²) in [5.41, 5.74) is 1.17. The Kier molecular flexibility index (Phi) is 4.04. The third-order valence-electron chi connectivity index (χ3n) is 2.93. The maximum atomic E-state index is 12.7. The SMILES string of the molecule is CNC(c1cccc(C(F)(F)F)c1)c1cnc(C)cn1. The van der Waals surface area contributed by atoms with Gasteiger partial charge in [0.1, 0.15) is 0 Å². The number of rotatable bonds is 3. The first kappa shape index (κ1) is 14.5. The number of benzene rings is 1. The lowest BCUT2D eigenvalue weighted by molar-refractivity contribution is -0.137. The Hall–Kier alpha value is -1.95. The molecule has 0 bridgehead atoms. The van der Waals surface area contributed by atoms with E-state index in [1.165, 1.54) is 6.07 Å². The van der Waals surface area contributed by atoms with Gasteiger partial charge in [0.25, 0.3) is 0 Å². The van der Waals surface area contributed by atoms with Crippen LogP contribution in [0.15, 0.2) is 36.7 Å². The van der Waals surface area contributed by atoms with E-state index in [0.717, 1.165) is 17.8 Å². The van der Waals surface area contributed by atoms with Crippen molar-refractivity contribution in [1.29, 1.82) is 0 Å². The summed E-state index contributed by atoms with van der Waals surface area (Å²) in [6, 6.07) is 4.78. The van der Waals surface area contributed by atoms with E-state index in [2.05, 4.69) is 15.3 Å². The van der Waals surface area contributed by atoms with Crippen molar-refractivity contribution < 1.29 is 13.2 Å². The summed E-state index contributed by atoms with van der Waals surface area (Å²) in [5, 5.41) is 2.96. The molecule has 2 rings (SSSR count). The molecular formula is C14H14F3N3. The van der Waals surface area contributed by atoms with E-state index in [1.807, 2.05) is 0 Å². The molecule has 106 valence electrons. The third kappa shape index (κ3) is 3.14. The first-order valence-corrected chi connectivity index (χ1v) is 6.05. The average molecular weight is 281 g/mol. The number of hydrogen-bond donors (Lipinski definition) is 1. The number of alkyl halides is 3. The van der Waals surface area contributed by atoms with Crippen molar-refractivity contribution in [2.45, 2.75) is 19.1 Å². The Labute approximate surface area is 114 Å². The van der Waals surface area contributed by atoms with Crippen molar-refractivity contribution in [3.8, 4) is 0 Å². The van der Waals surface area contributed by atoms with Gasteiger partial charge in [0.15, 0.2) is 0 Å². The summed E-state index contributed by atoms with van der Waals surface area (Å²) >= 11 is 0. The van der Waals surface area contributed by atoms with Crippen LogP contribution >= 0.6 is 0 Å². The van der Waals surface area contributed by atoms with Crippen molar-refractivity contribution in [3.63, 3.8) is 0 Å². The molecule has 1 heterocycles. The second-order valence-electron chi connectivity index (χ2n) is 4.43. The maximum Gasteiger partial charge on any atom is 0.416 e. The van der Waals surface area contributed by atoms with Crippen LogP contribution in [0.1, 0.15) is 28.6 Å². The molecule has 1 unspecified atom stereocenters. The van der Waals surface area contributed by atoms with Gasteiger partial charge in [-0.15, -0.1) is 0 Å². The van der Waals surface area contributed by atoms with E-state index in [9.17, 15) is 13.2 Å². The summed E-state index contributed by atoms with van der Waals surface area (Å²) in [7, 11) is 1.67. The van der Waals surface area contributed by atoms with E-state index in [4.69, 9.17) is 0 Å². The monoisotopic (exact) mass is 281 g/mol. The van der Waals surface area contributed by atoms with Gasteiger partial charge in [-0.2, -0.15) is 13.2 Å². The number of nitrogens with zero attached hydrogens (tertiary/aromatic N) is 2. The van der Waals surface area contributed by atoms with Gasteiger partial charge in [0, 0.05) is 6.20 Å². The van der Waals surface area contributed by atoms with E-state index in [0.29, 0.717) is 11.3 Å². The summed E-state index contributed by atoms with van der Waals surface area (Å²) in [6.45, 7) is 1.80.